The van der Waals surface area contributed by atoms with Crippen LogP contribution in [-0.2, 0) is 4.79 Å². The van der Waals surface area contributed by atoms with Gasteiger partial charge in [0.05, 0.1) is 10.6 Å². The second-order valence-corrected chi connectivity index (χ2v) is 9.28. The van der Waals surface area contributed by atoms with Gasteiger partial charge in [-0.3, -0.25) is 9.69 Å². The average molecular weight is 455 g/mol. The molecule has 4 rings (SSSR count). The number of aryl methyl sites for hydroxylation is 1. The summed E-state index contributed by atoms with van der Waals surface area (Å²) in [6, 6.07) is 16.4. The molecule has 2 aliphatic rings. The molecule has 5 heteroatoms. The van der Waals surface area contributed by atoms with E-state index in [1.54, 1.807) is 0 Å². The number of rotatable bonds is 3. The van der Waals surface area contributed by atoms with Gasteiger partial charge in [-0.1, -0.05) is 65.0 Å². The second kappa shape index (κ2) is 8.66. The van der Waals surface area contributed by atoms with Crippen molar-refractivity contribution in [2.75, 3.05) is 0 Å². The zero-order valence-electron chi connectivity index (χ0n) is 15.9. The SMILES string of the molecule is Cc1ccc(N=C2S/C(=C/c3ccc(Br)cc3)C(=O)N2C2CCCCC2)cc1. The molecule has 1 amide bonds. The number of benzene rings is 2. The summed E-state index contributed by atoms with van der Waals surface area (Å²) in [7, 11) is 0. The molecule has 144 valence electrons. The maximum Gasteiger partial charge on any atom is 0.267 e. The molecule has 1 saturated heterocycles. The smallest absolute Gasteiger partial charge is 0.267 e. The van der Waals surface area contributed by atoms with Crippen LogP contribution in [0.25, 0.3) is 6.08 Å². The Morgan fingerprint density at radius 1 is 1.04 bits per heavy atom. The number of carbonyl (C=O) groups is 1. The highest BCUT2D eigenvalue weighted by atomic mass is 79.9. The van der Waals surface area contributed by atoms with Gasteiger partial charge in [-0.05, 0) is 67.4 Å². The van der Waals surface area contributed by atoms with Gasteiger partial charge >= 0.3 is 0 Å². The summed E-state index contributed by atoms with van der Waals surface area (Å²) in [5.74, 6) is 0.0886. The molecule has 1 saturated carbocycles. The van der Waals surface area contributed by atoms with E-state index in [9.17, 15) is 4.79 Å². The molecule has 28 heavy (non-hydrogen) atoms. The lowest BCUT2D eigenvalue weighted by Crippen LogP contribution is -2.40. The number of carbonyl (C=O) groups excluding carboxylic acids is 1. The third kappa shape index (κ3) is 4.41. The summed E-state index contributed by atoms with van der Waals surface area (Å²) in [6.07, 6.45) is 7.73. The lowest BCUT2D eigenvalue weighted by atomic mass is 9.94. The van der Waals surface area contributed by atoms with E-state index in [-0.39, 0.29) is 11.9 Å². The Morgan fingerprint density at radius 3 is 2.39 bits per heavy atom. The lowest BCUT2D eigenvalue weighted by molar-refractivity contribution is -0.124. The van der Waals surface area contributed by atoms with Crippen molar-refractivity contribution in [3.63, 3.8) is 0 Å². The summed E-state index contributed by atoms with van der Waals surface area (Å²) in [6.45, 7) is 2.07. The first-order valence-corrected chi connectivity index (χ1v) is 11.4. The van der Waals surface area contributed by atoms with Crippen molar-refractivity contribution >= 4 is 50.5 Å². The van der Waals surface area contributed by atoms with Crippen LogP contribution in [0.5, 0.6) is 0 Å². The number of hydrogen-bond acceptors (Lipinski definition) is 3. The Labute approximate surface area is 179 Å². The van der Waals surface area contributed by atoms with Crippen LogP contribution in [0.3, 0.4) is 0 Å². The van der Waals surface area contributed by atoms with Crippen molar-refractivity contribution < 1.29 is 4.79 Å². The minimum atomic E-state index is 0.0886. The van der Waals surface area contributed by atoms with E-state index in [4.69, 9.17) is 4.99 Å². The van der Waals surface area contributed by atoms with Crippen molar-refractivity contribution in [1.82, 2.24) is 4.90 Å². The summed E-state index contributed by atoms with van der Waals surface area (Å²) in [5, 5.41) is 0.809. The molecule has 3 nitrogen and oxygen atoms in total. The topological polar surface area (TPSA) is 32.7 Å². The van der Waals surface area contributed by atoms with Gasteiger partial charge < -0.3 is 0 Å². The summed E-state index contributed by atoms with van der Waals surface area (Å²) in [4.78, 5) is 20.8. The van der Waals surface area contributed by atoms with Crippen LogP contribution in [0.15, 0.2) is 62.9 Å². The molecule has 0 atom stereocenters. The molecule has 0 radical (unpaired) electrons. The van der Waals surface area contributed by atoms with Gasteiger partial charge in [-0.15, -0.1) is 0 Å². The van der Waals surface area contributed by atoms with Gasteiger partial charge in [0, 0.05) is 10.5 Å². The number of amidine groups is 1. The second-order valence-electron chi connectivity index (χ2n) is 7.36. The van der Waals surface area contributed by atoms with Crippen molar-refractivity contribution in [2.24, 2.45) is 4.99 Å². The zero-order chi connectivity index (χ0) is 19.5. The molecule has 0 bridgehead atoms. The fourth-order valence-corrected chi connectivity index (χ4v) is 4.99. The first kappa shape index (κ1) is 19.5. The fourth-order valence-electron chi connectivity index (χ4n) is 3.67. The molecule has 2 aromatic rings. The minimum absolute atomic E-state index is 0.0886. The highest BCUT2D eigenvalue weighted by Gasteiger charge is 2.38. The average Bonchev–Trinajstić information content (AvgIpc) is 3.01. The maximum atomic E-state index is 13.3. The minimum Gasteiger partial charge on any atom is -0.283 e. The van der Waals surface area contributed by atoms with E-state index in [1.807, 2.05) is 47.4 Å². The number of nitrogens with zero attached hydrogens (tertiary/aromatic N) is 2. The van der Waals surface area contributed by atoms with Crippen LogP contribution in [0.2, 0.25) is 0 Å². The number of hydrogen-bond donors (Lipinski definition) is 0. The van der Waals surface area contributed by atoms with Crippen molar-refractivity contribution in [3.8, 4) is 0 Å². The van der Waals surface area contributed by atoms with Crippen LogP contribution in [0, 0.1) is 6.92 Å². The Balaban J connectivity index is 1.68. The van der Waals surface area contributed by atoms with E-state index < -0.39 is 0 Å². The first-order valence-electron chi connectivity index (χ1n) is 9.74. The molecule has 0 spiro atoms. The highest BCUT2D eigenvalue weighted by Crippen LogP contribution is 2.38. The van der Waals surface area contributed by atoms with Crippen LogP contribution in [0.4, 0.5) is 5.69 Å². The third-order valence-corrected chi connectivity index (χ3v) is 6.71. The number of amides is 1. The molecule has 1 aliphatic carbocycles. The van der Waals surface area contributed by atoms with Gasteiger partial charge in [0.15, 0.2) is 5.17 Å². The van der Waals surface area contributed by atoms with Crippen molar-refractivity contribution in [1.29, 1.82) is 0 Å². The van der Waals surface area contributed by atoms with Crippen molar-refractivity contribution in [3.05, 3.63) is 69.0 Å². The summed E-state index contributed by atoms with van der Waals surface area (Å²) in [5.41, 5.74) is 3.13. The van der Waals surface area contributed by atoms with Crippen LogP contribution in [0.1, 0.15) is 43.2 Å². The zero-order valence-corrected chi connectivity index (χ0v) is 18.3. The molecular weight excluding hydrogens is 432 g/mol. The van der Waals surface area contributed by atoms with Gasteiger partial charge in [-0.2, -0.15) is 0 Å². The van der Waals surface area contributed by atoms with Crippen molar-refractivity contribution in [2.45, 2.75) is 45.1 Å². The molecule has 0 aromatic heterocycles. The predicted molar refractivity (Wildman–Crippen MR) is 122 cm³/mol. The quantitative estimate of drug-likeness (QED) is 0.483. The molecule has 0 unspecified atom stereocenters. The Bertz CT molecular complexity index is 913. The van der Waals surface area contributed by atoms with Gasteiger partial charge in [0.1, 0.15) is 0 Å². The van der Waals surface area contributed by atoms with E-state index in [0.717, 1.165) is 38.6 Å². The Kier molecular flexibility index (Phi) is 6.02. The van der Waals surface area contributed by atoms with E-state index in [1.165, 1.54) is 36.6 Å². The molecule has 2 aromatic carbocycles. The molecule has 1 heterocycles. The Morgan fingerprint density at radius 2 is 1.71 bits per heavy atom. The van der Waals surface area contributed by atoms with Crippen LogP contribution in [-0.4, -0.2) is 22.0 Å². The van der Waals surface area contributed by atoms with Crippen LogP contribution < -0.4 is 0 Å². The molecular formula is C23H23BrN2OS. The highest BCUT2D eigenvalue weighted by molar-refractivity contribution is 9.10. The van der Waals surface area contributed by atoms with Gasteiger partial charge in [0.2, 0.25) is 0 Å². The van der Waals surface area contributed by atoms with Gasteiger partial charge in [0.25, 0.3) is 5.91 Å². The lowest BCUT2D eigenvalue weighted by Gasteiger charge is -2.30. The van der Waals surface area contributed by atoms with E-state index >= 15 is 0 Å². The Hall–Kier alpha value is -1.85. The number of aliphatic imine (C=N–C) groups is 1. The third-order valence-electron chi connectivity index (χ3n) is 5.20. The summed E-state index contributed by atoms with van der Waals surface area (Å²) < 4.78 is 1.03. The van der Waals surface area contributed by atoms with Crippen LogP contribution >= 0.6 is 27.7 Å². The maximum absolute atomic E-state index is 13.3. The van der Waals surface area contributed by atoms with E-state index in [2.05, 4.69) is 35.0 Å². The number of halogens is 1. The monoisotopic (exact) mass is 454 g/mol. The molecule has 1 aliphatic heterocycles. The predicted octanol–water partition coefficient (Wildman–Crippen LogP) is 6.69. The standard InChI is InChI=1S/C23H23BrN2OS/c1-16-7-13-19(14-8-16)25-23-26(20-5-3-2-4-6-20)22(27)21(28-23)15-17-9-11-18(24)12-10-17/h7-15,20H,2-6H2,1H3/b21-15+,25-23?. The van der Waals surface area contributed by atoms with Gasteiger partial charge in [-0.25, -0.2) is 4.99 Å². The molecule has 2 fully saturated rings. The largest absolute Gasteiger partial charge is 0.283 e. The van der Waals surface area contributed by atoms with E-state index in [0.29, 0.717) is 0 Å². The number of thioether (sulfide) groups is 1. The normalized spacial score (nSPS) is 21.1. The summed E-state index contributed by atoms with van der Waals surface area (Å²) >= 11 is 4.96. The first-order chi connectivity index (χ1) is 13.6. The fraction of sp³-hybridized carbons (Fsp3) is 0.304. The molecule has 0 N–H and O–H groups in total.